The summed E-state index contributed by atoms with van der Waals surface area (Å²) < 4.78 is 0. The quantitative estimate of drug-likeness (QED) is 0.843. The van der Waals surface area contributed by atoms with Crippen molar-refractivity contribution in [2.24, 2.45) is 5.92 Å². The Morgan fingerprint density at radius 1 is 1.37 bits per heavy atom. The molecule has 4 nitrogen and oxygen atoms in total. The predicted molar refractivity (Wildman–Crippen MR) is 83.5 cm³/mol. The van der Waals surface area contributed by atoms with Crippen molar-refractivity contribution in [3.63, 3.8) is 0 Å². The number of nitrogens with one attached hydrogen (secondary N) is 2. The van der Waals surface area contributed by atoms with Crippen LogP contribution in [-0.4, -0.2) is 24.0 Å². The molecule has 0 spiro atoms. The molecule has 1 aliphatic carbocycles. The van der Waals surface area contributed by atoms with Crippen LogP contribution in [0, 0.1) is 19.8 Å². The van der Waals surface area contributed by atoms with E-state index in [2.05, 4.69) is 15.6 Å². The highest BCUT2D eigenvalue weighted by atomic mass is 35.5. The van der Waals surface area contributed by atoms with Crippen LogP contribution in [0.4, 0.5) is 0 Å². The predicted octanol–water partition coefficient (Wildman–Crippen LogP) is 2.22. The molecule has 2 rings (SSSR count). The highest BCUT2D eigenvalue weighted by Gasteiger charge is 2.20. The summed E-state index contributed by atoms with van der Waals surface area (Å²) in [6.45, 7) is 5.97. The van der Waals surface area contributed by atoms with E-state index in [0.717, 1.165) is 28.0 Å². The first-order valence-corrected chi connectivity index (χ1v) is 6.87. The molecule has 0 aliphatic heterocycles. The van der Waals surface area contributed by atoms with Gasteiger partial charge in [-0.1, -0.05) is 0 Å². The van der Waals surface area contributed by atoms with Gasteiger partial charge in [0, 0.05) is 4.88 Å². The Bertz CT molecular complexity index is 408. The number of hydrogen-bond acceptors (Lipinski definition) is 4. The third kappa shape index (κ3) is 6.56. The summed E-state index contributed by atoms with van der Waals surface area (Å²) in [6.07, 6.45) is 2.63. The van der Waals surface area contributed by atoms with Crippen LogP contribution < -0.4 is 10.6 Å². The van der Waals surface area contributed by atoms with Crippen molar-refractivity contribution in [3.8, 4) is 0 Å². The van der Waals surface area contributed by atoms with E-state index in [-0.39, 0.29) is 30.7 Å². The molecule has 1 aliphatic rings. The highest BCUT2D eigenvalue weighted by molar-refractivity contribution is 7.11. The van der Waals surface area contributed by atoms with Crippen molar-refractivity contribution >= 4 is 42.1 Å². The van der Waals surface area contributed by atoms with Crippen molar-refractivity contribution in [1.82, 2.24) is 15.6 Å². The monoisotopic (exact) mass is 325 g/mol. The molecule has 0 saturated heterocycles. The van der Waals surface area contributed by atoms with Crippen molar-refractivity contribution < 1.29 is 4.79 Å². The molecule has 1 amide bonds. The number of hydrogen-bond donors (Lipinski definition) is 2. The zero-order chi connectivity index (χ0) is 12.3. The molecule has 0 aromatic carbocycles. The fourth-order valence-corrected chi connectivity index (χ4v) is 2.57. The molecule has 110 valence electrons. The number of thiazole rings is 1. The standard InChI is InChI=1S/C12H19N3OS.2ClH/c1-8-11(17-9(2)15-8)6-14-12(16)7-13-5-10-3-4-10;;/h10,13H,3-7H2,1-2H3,(H,14,16);2*1H. The number of amides is 1. The average Bonchev–Trinajstić information content (AvgIpc) is 3.02. The number of carbonyl (C=O) groups excluding carboxylic acids is 1. The number of nitrogens with zero attached hydrogens (tertiary/aromatic N) is 1. The Labute approximate surface area is 130 Å². The van der Waals surface area contributed by atoms with Crippen LogP contribution in [0.1, 0.15) is 28.4 Å². The van der Waals surface area contributed by atoms with E-state index in [9.17, 15) is 4.79 Å². The molecule has 1 aromatic heterocycles. The summed E-state index contributed by atoms with van der Waals surface area (Å²) in [5, 5.41) is 7.15. The first kappa shape index (κ1) is 18.6. The molecule has 1 fully saturated rings. The lowest BCUT2D eigenvalue weighted by Gasteiger charge is -2.05. The van der Waals surface area contributed by atoms with E-state index in [4.69, 9.17) is 0 Å². The second-order valence-corrected chi connectivity index (χ2v) is 5.88. The summed E-state index contributed by atoms with van der Waals surface area (Å²) in [4.78, 5) is 17.0. The van der Waals surface area contributed by atoms with Gasteiger partial charge in [0.1, 0.15) is 0 Å². The zero-order valence-corrected chi connectivity index (χ0v) is 13.6. The average molecular weight is 326 g/mol. The third-order valence-corrected chi connectivity index (χ3v) is 3.93. The van der Waals surface area contributed by atoms with Crippen LogP contribution in [0.2, 0.25) is 0 Å². The summed E-state index contributed by atoms with van der Waals surface area (Å²) in [5.74, 6) is 0.880. The minimum atomic E-state index is 0. The minimum absolute atomic E-state index is 0. The van der Waals surface area contributed by atoms with Gasteiger partial charge in [0.05, 0.1) is 23.8 Å². The molecule has 1 aromatic rings. The van der Waals surface area contributed by atoms with Crippen molar-refractivity contribution in [1.29, 1.82) is 0 Å². The lowest BCUT2D eigenvalue weighted by Crippen LogP contribution is -2.34. The van der Waals surface area contributed by atoms with Gasteiger partial charge in [-0.25, -0.2) is 4.98 Å². The van der Waals surface area contributed by atoms with Gasteiger partial charge >= 0.3 is 0 Å². The van der Waals surface area contributed by atoms with Gasteiger partial charge < -0.3 is 10.6 Å². The van der Waals surface area contributed by atoms with E-state index in [1.54, 1.807) is 11.3 Å². The first-order valence-electron chi connectivity index (χ1n) is 6.05. The maximum Gasteiger partial charge on any atom is 0.234 e. The zero-order valence-electron chi connectivity index (χ0n) is 11.2. The lowest BCUT2D eigenvalue weighted by molar-refractivity contribution is -0.120. The lowest BCUT2D eigenvalue weighted by atomic mass is 10.4. The Kier molecular flexibility index (Phi) is 8.57. The smallest absolute Gasteiger partial charge is 0.234 e. The van der Waals surface area contributed by atoms with Crippen molar-refractivity contribution in [2.45, 2.75) is 33.2 Å². The SMILES string of the molecule is Cc1nc(C)c(CNC(=O)CNCC2CC2)s1.Cl.Cl. The number of rotatable bonds is 6. The number of halogens is 2. The van der Waals surface area contributed by atoms with Crippen LogP contribution in [0.25, 0.3) is 0 Å². The van der Waals surface area contributed by atoms with E-state index in [0.29, 0.717) is 13.1 Å². The Morgan fingerprint density at radius 2 is 2.05 bits per heavy atom. The maximum absolute atomic E-state index is 11.5. The van der Waals surface area contributed by atoms with E-state index < -0.39 is 0 Å². The highest BCUT2D eigenvalue weighted by Crippen LogP contribution is 2.27. The van der Waals surface area contributed by atoms with Gasteiger partial charge in [-0.05, 0) is 39.2 Å². The van der Waals surface area contributed by atoms with E-state index in [1.807, 2.05) is 13.8 Å². The van der Waals surface area contributed by atoms with Gasteiger partial charge in [0.15, 0.2) is 0 Å². The van der Waals surface area contributed by atoms with Gasteiger partial charge in [-0.2, -0.15) is 0 Å². The fraction of sp³-hybridized carbons (Fsp3) is 0.667. The molecule has 0 unspecified atom stereocenters. The fourth-order valence-electron chi connectivity index (χ4n) is 1.69. The second kappa shape index (κ2) is 8.74. The first-order chi connectivity index (χ1) is 8.15. The van der Waals surface area contributed by atoms with Crippen molar-refractivity contribution in [3.05, 3.63) is 15.6 Å². The van der Waals surface area contributed by atoms with Crippen LogP contribution in [0.5, 0.6) is 0 Å². The van der Waals surface area contributed by atoms with Gasteiger partial charge in [0.2, 0.25) is 5.91 Å². The van der Waals surface area contributed by atoms with Crippen LogP contribution in [-0.2, 0) is 11.3 Å². The second-order valence-electron chi connectivity index (χ2n) is 4.59. The van der Waals surface area contributed by atoms with Crippen molar-refractivity contribution in [2.75, 3.05) is 13.1 Å². The molecule has 0 atom stereocenters. The van der Waals surface area contributed by atoms with Gasteiger partial charge in [0.25, 0.3) is 0 Å². The molecular weight excluding hydrogens is 305 g/mol. The summed E-state index contributed by atoms with van der Waals surface area (Å²) in [6, 6.07) is 0. The molecule has 0 bridgehead atoms. The molecule has 7 heteroatoms. The summed E-state index contributed by atoms with van der Waals surface area (Å²) in [5.41, 5.74) is 1.03. The maximum atomic E-state index is 11.5. The number of carbonyl (C=O) groups is 1. The van der Waals surface area contributed by atoms with E-state index in [1.165, 1.54) is 12.8 Å². The summed E-state index contributed by atoms with van der Waals surface area (Å²) >= 11 is 1.65. The topological polar surface area (TPSA) is 54.0 Å². The number of aryl methyl sites for hydroxylation is 2. The third-order valence-electron chi connectivity index (χ3n) is 2.86. The Hall–Kier alpha value is -0.360. The normalized spacial score (nSPS) is 13.4. The van der Waals surface area contributed by atoms with Crippen LogP contribution in [0.3, 0.4) is 0 Å². The Balaban J connectivity index is 0.00000162. The van der Waals surface area contributed by atoms with Crippen LogP contribution >= 0.6 is 36.2 Å². The van der Waals surface area contributed by atoms with E-state index >= 15 is 0 Å². The van der Waals surface area contributed by atoms with Gasteiger partial charge in [-0.3, -0.25) is 4.79 Å². The van der Waals surface area contributed by atoms with Gasteiger partial charge in [-0.15, -0.1) is 36.2 Å². The molecule has 0 radical (unpaired) electrons. The number of aromatic nitrogens is 1. The summed E-state index contributed by atoms with van der Waals surface area (Å²) in [7, 11) is 0. The molecule has 1 saturated carbocycles. The molecular formula is C12H21Cl2N3OS. The minimum Gasteiger partial charge on any atom is -0.350 e. The Morgan fingerprint density at radius 3 is 2.58 bits per heavy atom. The molecule has 19 heavy (non-hydrogen) atoms. The molecule has 2 N–H and O–H groups in total. The van der Waals surface area contributed by atoms with Crippen LogP contribution in [0.15, 0.2) is 0 Å². The largest absolute Gasteiger partial charge is 0.350 e. The molecule has 1 heterocycles.